The van der Waals surface area contributed by atoms with Crippen LogP contribution in [0, 0.1) is 6.92 Å². The average Bonchev–Trinajstić information content (AvgIpc) is 2.45. The number of hydrogen-bond donors (Lipinski definition) is 0. The van der Waals surface area contributed by atoms with E-state index in [9.17, 15) is 4.79 Å². The van der Waals surface area contributed by atoms with E-state index in [1.165, 1.54) is 0 Å². The van der Waals surface area contributed by atoms with Crippen molar-refractivity contribution in [2.45, 2.75) is 40.2 Å². The van der Waals surface area contributed by atoms with Crippen LogP contribution in [0.5, 0.6) is 0 Å². The Kier molecular flexibility index (Phi) is 3.86. The lowest BCUT2D eigenvalue weighted by atomic mass is 10.2. The molecule has 1 aromatic rings. The first-order valence-corrected chi connectivity index (χ1v) is 5.62. The van der Waals surface area contributed by atoms with Crippen molar-refractivity contribution >= 4 is 21.7 Å². The van der Waals surface area contributed by atoms with Gasteiger partial charge in [0, 0.05) is 19.4 Å². The molecule has 0 amide bonds. The Morgan fingerprint density at radius 2 is 2.14 bits per heavy atom. The number of rotatable bonds is 4. The van der Waals surface area contributed by atoms with Crippen LogP contribution in [0.3, 0.4) is 0 Å². The van der Waals surface area contributed by atoms with Crippen LogP contribution in [0.4, 0.5) is 0 Å². The van der Waals surface area contributed by atoms with Crippen LogP contribution in [0.15, 0.2) is 4.47 Å². The van der Waals surface area contributed by atoms with Crippen LogP contribution in [-0.4, -0.2) is 15.6 Å². The van der Waals surface area contributed by atoms with Gasteiger partial charge in [-0.2, -0.15) is 5.10 Å². The maximum absolute atomic E-state index is 11.3. The molecule has 3 nitrogen and oxygen atoms in total. The second kappa shape index (κ2) is 4.73. The third kappa shape index (κ3) is 2.23. The maximum atomic E-state index is 11.3. The van der Waals surface area contributed by atoms with Gasteiger partial charge >= 0.3 is 0 Å². The third-order valence-corrected chi connectivity index (χ3v) is 3.24. The van der Waals surface area contributed by atoms with Gasteiger partial charge in [0.2, 0.25) is 0 Å². The summed E-state index contributed by atoms with van der Waals surface area (Å²) < 4.78 is 2.86. The highest BCUT2D eigenvalue weighted by Crippen LogP contribution is 2.21. The van der Waals surface area contributed by atoms with Crippen LogP contribution in [0.25, 0.3) is 0 Å². The smallest absolute Gasteiger partial charge is 0.138 e. The zero-order valence-electron chi connectivity index (χ0n) is 8.80. The fraction of sp³-hybridized carbons (Fsp3) is 0.600. The number of carbonyl (C=O) groups is 1. The molecule has 0 N–H and O–H groups in total. The number of nitrogens with zero attached hydrogens (tertiary/aromatic N) is 2. The lowest BCUT2D eigenvalue weighted by molar-refractivity contribution is -0.118. The van der Waals surface area contributed by atoms with Crippen LogP contribution in [0.1, 0.15) is 31.7 Å². The summed E-state index contributed by atoms with van der Waals surface area (Å²) in [6.07, 6.45) is 1.06. The summed E-state index contributed by atoms with van der Waals surface area (Å²) in [5.41, 5.74) is 1.95. The summed E-state index contributed by atoms with van der Waals surface area (Å²) in [6.45, 7) is 6.66. The number of carbonyl (C=O) groups excluding carboxylic acids is 1. The van der Waals surface area contributed by atoms with Gasteiger partial charge in [-0.25, -0.2) is 0 Å². The van der Waals surface area contributed by atoms with Gasteiger partial charge in [0.25, 0.3) is 0 Å². The maximum Gasteiger partial charge on any atom is 0.138 e. The summed E-state index contributed by atoms with van der Waals surface area (Å²) in [7, 11) is 0. The topological polar surface area (TPSA) is 34.9 Å². The van der Waals surface area contributed by atoms with E-state index in [-0.39, 0.29) is 5.78 Å². The van der Waals surface area contributed by atoms with Gasteiger partial charge in [-0.3, -0.25) is 9.48 Å². The molecule has 0 fully saturated rings. The Morgan fingerprint density at radius 1 is 1.50 bits per heavy atom. The Morgan fingerprint density at radius 3 is 2.64 bits per heavy atom. The van der Waals surface area contributed by atoms with Crippen LogP contribution in [-0.2, 0) is 17.8 Å². The van der Waals surface area contributed by atoms with Crippen LogP contribution >= 0.6 is 15.9 Å². The molecule has 0 bridgehead atoms. The van der Waals surface area contributed by atoms with E-state index in [1.54, 1.807) is 0 Å². The first kappa shape index (κ1) is 11.4. The van der Waals surface area contributed by atoms with Gasteiger partial charge in [-0.1, -0.05) is 6.92 Å². The Bertz CT molecular complexity index is 344. The molecule has 0 saturated heterocycles. The fourth-order valence-electron chi connectivity index (χ4n) is 1.35. The third-order valence-electron chi connectivity index (χ3n) is 2.21. The average molecular weight is 259 g/mol. The number of hydrogen-bond acceptors (Lipinski definition) is 2. The molecular weight excluding hydrogens is 244 g/mol. The fourth-order valence-corrected chi connectivity index (χ4v) is 1.77. The van der Waals surface area contributed by atoms with Crippen molar-refractivity contribution in [2.24, 2.45) is 0 Å². The molecule has 0 aromatic carbocycles. The van der Waals surface area contributed by atoms with Crippen molar-refractivity contribution < 1.29 is 4.79 Å². The molecular formula is C10H15BrN2O. The van der Waals surface area contributed by atoms with E-state index in [4.69, 9.17) is 0 Å². The van der Waals surface area contributed by atoms with Crippen molar-refractivity contribution in [1.29, 1.82) is 0 Å². The minimum atomic E-state index is 0.250. The molecule has 0 radical (unpaired) electrons. The Labute approximate surface area is 92.6 Å². The molecule has 1 aromatic heterocycles. The molecule has 0 spiro atoms. The molecule has 0 saturated carbocycles. The number of Topliss-reactive ketones (excluding diaryl/α,β-unsaturated/α-hetero) is 1. The quantitative estimate of drug-likeness (QED) is 0.832. The summed E-state index contributed by atoms with van der Waals surface area (Å²) in [5.74, 6) is 0.250. The second-order valence-corrected chi connectivity index (χ2v) is 4.02. The Hall–Kier alpha value is -0.640. The van der Waals surface area contributed by atoms with Crippen molar-refractivity contribution in [3.05, 3.63) is 15.9 Å². The SMILES string of the molecule is CCC(=O)Cc1c(Br)c(C)nn1CC. The van der Waals surface area contributed by atoms with Crippen molar-refractivity contribution in [1.82, 2.24) is 9.78 Å². The number of aromatic nitrogens is 2. The van der Waals surface area contributed by atoms with Crippen LogP contribution < -0.4 is 0 Å². The Balaban J connectivity index is 2.99. The van der Waals surface area contributed by atoms with E-state index in [2.05, 4.69) is 21.0 Å². The predicted octanol–water partition coefficient (Wildman–Crippen LogP) is 2.50. The molecule has 0 atom stereocenters. The van der Waals surface area contributed by atoms with Gasteiger partial charge in [0.05, 0.1) is 15.9 Å². The molecule has 78 valence electrons. The standard InChI is InChI=1S/C10H15BrN2O/c1-4-8(14)6-9-10(11)7(3)12-13(9)5-2/h4-6H2,1-3H3. The van der Waals surface area contributed by atoms with Gasteiger partial charge in [0.15, 0.2) is 0 Å². The zero-order valence-corrected chi connectivity index (χ0v) is 10.4. The number of halogens is 1. The number of ketones is 1. The van der Waals surface area contributed by atoms with Gasteiger partial charge in [-0.15, -0.1) is 0 Å². The molecule has 4 heteroatoms. The molecule has 0 aliphatic carbocycles. The molecule has 1 heterocycles. The predicted molar refractivity (Wildman–Crippen MR) is 59.3 cm³/mol. The zero-order chi connectivity index (χ0) is 10.7. The minimum absolute atomic E-state index is 0.250. The second-order valence-electron chi connectivity index (χ2n) is 3.23. The molecule has 1 rings (SSSR count). The van der Waals surface area contributed by atoms with Crippen molar-refractivity contribution in [3.8, 4) is 0 Å². The normalized spacial score (nSPS) is 10.6. The lowest BCUT2D eigenvalue weighted by Gasteiger charge is -2.03. The van der Waals surface area contributed by atoms with E-state index < -0.39 is 0 Å². The van der Waals surface area contributed by atoms with Gasteiger partial charge in [0.1, 0.15) is 5.78 Å². The summed E-state index contributed by atoms with van der Waals surface area (Å²) in [6, 6.07) is 0. The molecule has 14 heavy (non-hydrogen) atoms. The summed E-state index contributed by atoms with van der Waals surface area (Å²) in [5, 5.41) is 4.33. The van der Waals surface area contributed by atoms with E-state index in [0.717, 1.165) is 22.4 Å². The minimum Gasteiger partial charge on any atom is -0.299 e. The van der Waals surface area contributed by atoms with Gasteiger partial charge in [-0.05, 0) is 29.8 Å². The summed E-state index contributed by atoms with van der Waals surface area (Å²) in [4.78, 5) is 11.3. The highest BCUT2D eigenvalue weighted by molar-refractivity contribution is 9.10. The highest BCUT2D eigenvalue weighted by atomic mass is 79.9. The van der Waals surface area contributed by atoms with Crippen molar-refractivity contribution in [2.75, 3.05) is 0 Å². The monoisotopic (exact) mass is 258 g/mol. The highest BCUT2D eigenvalue weighted by Gasteiger charge is 2.14. The molecule has 0 unspecified atom stereocenters. The summed E-state index contributed by atoms with van der Waals surface area (Å²) >= 11 is 3.46. The molecule has 0 aliphatic rings. The largest absolute Gasteiger partial charge is 0.299 e. The van der Waals surface area contributed by atoms with E-state index in [0.29, 0.717) is 12.8 Å². The first-order valence-electron chi connectivity index (χ1n) is 4.83. The van der Waals surface area contributed by atoms with E-state index in [1.807, 2.05) is 25.5 Å². The van der Waals surface area contributed by atoms with E-state index >= 15 is 0 Å². The lowest BCUT2D eigenvalue weighted by Crippen LogP contribution is -2.08. The first-order chi connectivity index (χ1) is 6.60. The molecule has 0 aliphatic heterocycles. The number of aryl methyl sites for hydroxylation is 2. The van der Waals surface area contributed by atoms with Crippen molar-refractivity contribution in [3.63, 3.8) is 0 Å². The van der Waals surface area contributed by atoms with Gasteiger partial charge < -0.3 is 0 Å². The van der Waals surface area contributed by atoms with Crippen LogP contribution in [0.2, 0.25) is 0 Å².